The predicted molar refractivity (Wildman–Crippen MR) is 60.5 cm³/mol. The quantitative estimate of drug-likeness (QED) is 0.692. The highest BCUT2D eigenvalue weighted by molar-refractivity contribution is 4.96. The molecule has 0 N–H and O–H groups in total. The Bertz CT molecular complexity index is 185. The largest absolute Gasteiger partial charge is 0.385 e. The average molecular weight is 199 g/mol. The van der Waals surface area contributed by atoms with Gasteiger partial charge in [0.05, 0.1) is 0 Å². The van der Waals surface area contributed by atoms with Crippen molar-refractivity contribution in [3.8, 4) is 0 Å². The topological polar surface area (TPSA) is 12.5 Å². The van der Waals surface area contributed by atoms with Gasteiger partial charge in [-0.05, 0) is 37.3 Å². The van der Waals surface area contributed by atoms with Crippen molar-refractivity contribution in [2.75, 3.05) is 33.9 Å². The van der Waals surface area contributed by atoms with Crippen molar-refractivity contribution in [1.82, 2.24) is 4.90 Å². The third-order valence-electron chi connectivity index (χ3n) is 3.92. The van der Waals surface area contributed by atoms with Gasteiger partial charge in [0, 0.05) is 20.3 Å². The van der Waals surface area contributed by atoms with Crippen LogP contribution in [0.1, 0.15) is 33.6 Å². The van der Waals surface area contributed by atoms with E-state index in [4.69, 9.17) is 4.74 Å². The van der Waals surface area contributed by atoms with E-state index in [9.17, 15) is 0 Å². The second-order valence-corrected chi connectivity index (χ2v) is 5.76. The second-order valence-electron chi connectivity index (χ2n) is 5.76. The molecule has 0 aromatic rings. The minimum atomic E-state index is 0.385. The summed E-state index contributed by atoms with van der Waals surface area (Å²) in [4.78, 5) is 2.45. The molecule has 2 heteroatoms. The van der Waals surface area contributed by atoms with Gasteiger partial charge in [0.1, 0.15) is 0 Å². The molecule has 0 aromatic carbocycles. The summed E-state index contributed by atoms with van der Waals surface area (Å²) in [6.07, 6.45) is 2.51. The van der Waals surface area contributed by atoms with E-state index >= 15 is 0 Å². The molecule has 2 nitrogen and oxygen atoms in total. The Labute approximate surface area is 88.6 Å². The smallest absolute Gasteiger partial charge is 0.0468 e. The van der Waals surface area contributed by atoms with Crippen LogP contribution in [0.3, 0.4) is 0 Å². The molecular weight excluding hydrogens is 174 g/mol. The van der Waals surface area contributed by atoms with Crippen LogP contribution in [0.25, 0.3) is 0 Å². The molecule has 1 aliphatic rings. The molecule has 1 fully saturated rings. The summed E-state index contributed by atoms with van der Waals surface area (Å²) >= 11 is 0. The van der Waals surface area contributed by atoms with Crippen molar-refractivity contribution >= 4 is 0 Å². The Hall–Kier alpha value is -0.0800. The van der Waals surface area contributed by atoms with Crippen LogP contribution in [0, 0.1) is 10.8 Å². The van der Waals surface area contributed by atoms with E-state index in [-0.39, 0.29) is 0 Å². The molecule has 1 atom stereocenters. The zero-order chi connectivity index (χ0) is 10.8. The van der Waals surface area contributed by atoms with Crippen molar-refractivity contribution < 1.29 is 4.74 Å². The molecular formula is C12H25NO. The van der Waals surface area contributed by atoms with Gasteiger partial charge in [-0.3, -0.25) is 0 Å². The normalized spacial score (nSPS) is 29.8. The van der Waals surface area contributed by atoms with Crippen LogP contribution in [0.5, 0.6) is 0 Å². The van der Waals surface area contributed by atoms with Crippen LogP contribution in [-0.4, -0.2) is 38.8 Å². The summed E-state index contributed by atoms with van der Waals surface area (Å²) in [6.45, 7) is 10.4. The van der Waals surface area contributed by atoms with Crippen LogP contribution >= 0.6 is 0 Å². The van der Waals surface area contributed by atoms with Crippen molar-refractivity contribution in [3.63, 3.8) is 0 Å². The minimum Gasteiger partial charge on any atom is -0.385 e. The summed E-state index contributed by atoms with van der Waals surface area (Å²) < 4.78 is 5.24. The van der Waals surface area contributed by atoms with Gasteiger partial charge in [-0.2, -0.15) is 0 Å². The number of hydrogen-bond donors (Lipinski definition) is 0. The van der Waals surface area contributed by atoms with E-state index in [1.54, 1.807) is 7.11 Å². The third-order valence-corrected chi connectivity index (χ3v) is 3.92. The van der Waals surface area contributed by atoms with E-state index in [2.05, 4.69) is 32.7 Å². The lowest BCUT2D eigenvalue weighted by molar-refractivity contribution is 0.0495. The lowest BCUT2D eigenvalue weighted by Gasteiger charge is -2.42. The number of methoxy groups -OCH3 is 1. The van der Waals surface area contributed by atoms with Gasteiger partial charge >= 0.3 is 0 Å². The lowest BCUT2D eigenvalue weighted by atomic mass is 9.64. The molecule has 1 unspecified atom stereocenters. The highest BCUT2D eigenvalue weighted by Gasteiger charge is 2.45. The first-order chi connectivity index (χ1) is 6.41. The van der Waals surface area contributed by atoms with Crippen molar-refractivity contribution in [2.45, 2.75) is 33.6 Å². The van der Waals surface area contributed by atoms with E-state index in [0.717, 1.165) is 6.61 Å². The first-order valence-corrected chi connectivity index (χ1v) is 5.59. The van der Waals surface area contributed by atoms with Crippen LogP contribution in [0.15, 0.2) is 0 Å². The number of hydrogen-bond acceptors (Lipinski definition) is 2. The molecule has 14 heavy (non-hydrogen) atoms. The van der Waals surface area contributed by atoms with Crippen LogP contribution in [-0.2, 0) is 4.74 Å². The molecule has 1 aliphatic heterocycles. The van der Waals surface area contributed by atoms with Gasteiger partial charge in [0.25, 0.3) is 0 Å². The van der Waals surface area contributed by atoms with Gasteiger partial charge in [-0.25, -0.2) is 0 Å². The van der Waals surface area contributed by atoms with E-state index in [0.29, 0.717) is 10.8 Å². The highest BCUT2D eigenvalue weighted by atomic mass is 16.5. The van der Waals surface area contributed by atoms with Gasteiger partial charge in [-0.15, -0.1) is 0 Å². The molecule has 1 saturated heterocycles. The Morgan fingerprint density at radius 2 is 2.00 bits per heavy atom. The molecule has 0 bridgehead atoms. The molecule has 0 amide bonds. The third kappa shape index (κ3) is 2.29. The molecule has 0 aliphatic carbocycles. The summed E-state index contributed by atoms with van der Waals surface area (Å²) in [6, 6.07) is 0. The average Bonchev–Trinajstić information content (AvgIpc) is 2.44. The number of likely N-dealkylation sites (tertiary alicyclic amines) is 1. The van der Waals surface area contributed by atoms with Crippen molar-refractivity contribution in [1.29, 1.82) is 0 Å². The van der Waals surface area contributed by atoms with Gasteiger partial charge < -0.3 is 9.64 Å². The summed E-state index contributed by atoms with van der Waals surface area (Å²) in [5.41, 5.74) is 0.841. The SMILES string of the molecule is COCCC1(C(C)(C)C)CCN(C)C1. The van der Waals surface area contributed by atoms with E-state index in [1.165, 1.54) is 25.9 Å². The van der Waals surface area contributed by atoms with E-state index < -0.39 is 0 Å². The van der Waals surface area contributed by atoms with Crippen LogP contribution < -0.4 is 0 Å². The predicted octanol–water partition coefficient (Wildman–Crippen LogP) is 2.39. The Morgan fingerprint density at radius 1 is 1.36 bits per heavy atom. The fourth-order valence-corrected chi connectivity index (χ4v) is 2.57. The maximum atomic E-state index is 5.24. The second kappa shape index (κ2) is 4.19. The maximum absolute atomic E-state index is 5.24. The first kappa shape index (κ1) is 12.0. The Morgan fingerprint density at radius 3 is 2.36 bits per heavy atom. The molecule has 1 rings (SSSR count). The Balaban J connectivity index is 2.70. The molecule has 1 heterocycles. The summed E-state index contributed by atoms with van der Waals surface area (Å²) in [7, 11) is 4.02. The standard InChI is InChI=1S/C12H25NO/c1-11(2,3)12(7-9-14-5)6-8-13(4)10-12/h6-10H2,1-5H3. The number of ether oxygens (including phenoxy) is 1. The van der Waals surface area contributed by atoms with Crippen LogP contribution in [0.4, 0.5) is 0 Å². The molecule has 0 saturated carbocycles. The lowest BCUT2D eigenvalue weighted by Crippen LogP contribution is -2.39. The number of rotatable bonds is 3. The van der Waals surface area contributed by atoms with Crippen molar-refractivity contribution in [2.24, 2.45) is 10.8 Å². The maximum Gasteiger partial charge on any atom is 0.0468 e. The zero-order valence-corrected chi connectivity index (χ0v) is 10.4. The minimum absolute atomic E-state index is 0.385. The monoisotopic (exact) mass is 199 g/mol. The van der Waals surface area contributed by atoms with Gasteiger partial charge in [-0.1, -0.05) is 20.8 Å². The number of nitrogens with zero attached hydrogens (tertiary/aromatic N) is 1. The van der Waals surface area contributed by atoms with Gasteiger partial charge in [0.15, 0.2) is 0 Å². The van der Waals surface area contributed by atoms with Crippen LogP contribution in [0.2, 0.25) is 0 Å². The van der Waals surface area contributed by atoms with Gasteiger partial charge in [0.2, 0.25) is 0 Å². The fraction of sp³-hybridized carbons (Fsp3) is 1.00. The fourth-order valence-electron chi connectivity index (χ4n) is 2.57. The summed E-state index contributed by atoms with van der Waals surface area (Å²) in [5.74, 6) is 0. The summed E-state index contributed by atoms with van der Waals surface area (Å²) in [5, 5.41) is 0. The van der Waals surface area contributed by atoms with Crippen molar-refractivity contribution in [3.05, 3.63) is 0 Å². The zero-order valence-electron chi connectivity index (χ0n) is 10.4. The molecule has 84 valence electrons. The molecule has 0 radical (unpaired) electrons. The molecule has 0 spiro atoms. The molecule has 0 aromatic heterocycles. The highest BCUT2D eigenvalue weighted by Crippen LogP contribution is 2.48. The Kier molecular flexibility index (Phi) is 3.59. The van der Waals surface area contributed by atoms with E-state index in [1.807, 2.05) is 0 Å². The first-order valence-electron chi connectivity index (χ1n) is 5.59.